The summed E-state index contributed by atoms with van der Waals surface area (Å²) in [6, 6.07) is 17.3. The number of rotatable bonds is 4. The van der Waals surface area contributed by atoms with Crippen LogP contribution in [-0.4, -0.2) is 11.7 Å². The fourth-order valence-corrected chi connectivity index (χ4v) is 2.42. The third kappa shape index (κ3) is 3.31. The molecule has 3 aromatic rings. The molecule has 0 spiro atoms. The molecular formula is C19H16FNO2. The predicted octanol–water partition coefficient (Wildman–Crippen LogP) is 3.71. The molecule has 2 aromatic carbocycles. The minimum absolute atomic E-state index is 0.162. The minimum atomic E-state index is -0.311. The molecule has 4 heteroatoms. The van der Waals surface area contributed by atoms with Crippen molar-refractivity contribution in [2.45, 2.75) is 6.54 Å². The number of methoxy groups -OCH3 is 1. The average molecular weight is 309 g/mol. The summed E-state index contributed by atoms with van der Waals surface area (Å²) in [5.41, 5.74) is 2.18. The van der Waals surface area contributed by atoms with Gasteiger partial charge in [-0.1, -0.05) is 30.3 Å². The zero-order valence-electron chi connectivity index (χ0n) is 12.7. The van der Waals surface area contributed by atoms with Gasteiger partial charge >= 0.3 is 0 Å². The standard InChI is InChI=1S/C19H16FNO2/c1-23-17-9-6-14(7-10-17)15-8-11-19(22)21(12-15)13-16-4-2-3-5-18(16)20/h2-12H,13H2,1H3. The summed E-state index contributed by atoms with van der Waals surface area (Å²) in [5.74, 6) is 0.461. The van der Waals surface area contributed by atoms with Gasteiger partial charge in [0.15, 0.2) is 0 Å². The second kappa shape index (κ2) is 6.48. The van der Waals surface area contributed by atoms with E-state index in [0.717, 1.165) is 16.9 Å². The Morgan fingerprint density at radius 3 is 2.35 bits per heavy atom. The molecule has 0 saturated heterocycles. The molecule has 0 N–H and O–H groups in total. The van der Waals surface area contributed by atoms with Crippen LogP contribution in [0.25, 0.3) is 11.1 Å². The zero-order chi connectivity index (χ0) is 16.2. The summed E-state index contributed by atoms with van der Waals surface area (Å²) >= 11 is 0. The lowest BCUT2D eigenvalue weighted by atomic mass is 10.1. The summed E-state index contributed by atoms with van der Waals surface area (Å²) in [5, 5.41) is 0. The van der Waals surface area contributed by atoms with Crippen LogP contribution in [0.2, 0.25) is 0 Å². The van der Waals surface area contributed by atoms with Crippen LogP contribution in [-0.2, 0) is 6.54 Å². The lowest BCUT2D eigenvalue weighted by molar-refractivity contribution is 0.415. The van der Waals surface area contributed by atoms with Crippen molar-refractivity contribution in [3.63, 3.8) is 0 Å². The van der Waals surface area contributed by atoms with Gasteiger partial charge < -0.3 is 9.30 Å². The van der Waals surface area contributed by atoms with Crippen LogP contribution in [0.4, 0.5) is 4.39 Å². The molecule has 23 heavy (non-hydrogen) atoms. The molecule has 0 amide bonds. The van der Waals surface area contributed by atoms with E-state index in [1.54, 1.807) is 37.6 Å². The van der Waals surface area contributed by atoms with Crippen molar-refractivity contribution in [1.82, 2.24) is 4.57 Å². The highest BCUT2D eigenvalue weighted by molar-refractivity contribution is 5.63. The first-order chi connectivity index (χ1) is 11.2. The van der Waals surface area contributed by atoms with Gasteiger partial charge in [0.25, 0.3) is 5.56 Å². The first-order valence-corrected chi connectivity index (χ1v) is 7.26. The van der Waals surface area contributed by atoms with Gasteiger partial charge in [-0.25, -0.2) is 4.39 Å². The van der Waals surface area contributed by atoms with Crippen LogP contribution in [0, 0.1) is 5.82 Å². The van der Waals surface area contributed by atoms with Gasteiger partial charge in [0.2, 0.25) is 0 Å². The van der Waals surface area contributed by atoms with Gasteiger partial charge in [-0.2, -0.15) is 0 Å². The average Bonchev–Trinajstić information content (AvgIpc) is 2.59. The van der Waals surface area contributed by atoms with Crippen LogP contribution in [0.5, 0.6) is 5.75 Å². The molecule has 1 heterocycles. The zero-order valence-corrected chi connectivity index (χ0v) is 12.7. The van der Waals surface area contributed by atoms with Gasteiger partial charge in [0.1, 0.15) is 11.6 Å². The van der Waals surface area contributed by atoms with Crippen molar-refractivity contribution in [3.05, 3.63) is 88.6 Å². The Hall–Kier alpha value is -2.88. The smallest absolute Gasteiger partial charge is 0.250 e. The Balaban J connectivity index is 1.95. The number of hydrogen-bond donors (Lipinski definition) is 0. The van der Waals surface area contributed by atoms with E-state index in [-0.39, 0.29) is 17.9 Å². The number of benzene rings is 2. The summed E-state index contributed by atoms with van der Waals surface area (Å²) in [7, 11) is 1.61. The molecular weight excluding hydrogens is 293 g/mol. The minimum Gasteiger partial charge on any atom is -0.497 e. The van der Waals surface area contributed by atoms with Crippen LogP contribution in [0.3, 0.4) is 0 Å². The normalized spacial score (nSPS) is 10.5. The fourth-order valence-electron chi connectivity index (χ4n) is 2.42. The SMILES string of the molecule is COc1ccc(-c2ccc(=O)n(Cc3ccccc3F)c2)cc1. The molecule has 0 unspecified atom stereocenters. The van der Waals surface area contributed by atoms with Crippen molar-refractivity contribution >= 4 is 0 Å². The van der Waals surface area contributed by atoms with Crippen molar-refractivity contribution in [1.29, 1.82) is 0 Å². The summed E-state index contributed by atoms with van der Waals surface area (Å²) in [6.45, 7) is 0.204. The quantitative estimate of drug-likeness (QED) is 0.735. The number of aromatic nitrogens is 1. The third-order valence-electron chi connectivity index (χ3n) is 3.71. The van der Waals surface area contributed by atoms with Crippen molar-refractivity contribution < 1.29 is 9.13 Å². The molecule has 0 atom stereocenters. The highest BCUT2D eigenvalue weighted by atomic mass is 19.1. The molecule has 0 bridgehead atoms. The first kappa shape index (κ1) is 15.0. The first-order valence-electron chi connectivity index (χ1n) is 7.26. The number of hydrogen-bond acceptors (Lipinski definition) is 2. The highest BCUT2D eigenvalue weighted by Gasteiger charge is 2.06. The molecule has 0 radical (unpaired) electrons. The summed E-state index contributed by atoms with van der Waals surface area (Å²) < 4.78 is 20.4. The molecule has 3 rings (SSSR count). The maximum absolute atomic E-state index is 13.8. The molecule has 116 valence electrons. The number of pyridine rings is 1. The van der Waals surface area contributed by atoms with Crippen LogP contribution in [0.15, 0.2) is 71.7 Å². The van der Waals surface area contributed by atoms with Crippen LogP contribution < -0.4 is 10.3 Å². The fraction of sp³-hybridized carbons (Fsp3) is 0.105. The predicted molar refractivity (Wildman–Crippen MR) is 88.2 cm³/mol. The Bertz CT molecular complexity index is 869. The lowest BCUT2D eigenvalue weighted by Gasteiger charge is -2.10. The molecule has 3 nitrogen and oxygen atoms in total. The number of nitrogens with zero attached hydrogens (tertiary/aromatic N) is 1. The second-order valence-corrected chi connectivity index (χ2v) is 5.20. The monoisotopic (exact) mass is 309 g/mol. The van der Waals surface area contributed by atoms with Gasteiger partial charge in [-0.3, -0.25) is 4.79 Å². The molecule has 0 aliphatic rings. The van der Waals surface area contributed by atoms with E-state index >= 15 is 0 Å². The van der Waals surface area contributed by atoms with E-state index in [0.29, 0.717) is 5.56 Å². The Morgan fingerprint density at radius 1 is 0.957 bits per heavy atom. The number of ether oxygens (including phenoxy) is 1. The Kier molecular flexibility index (Phi) is 4.24. The van der Waals surface area contributed by atoms with Crippen LogP contribution in [0.1, 0.15) is 5.56 Å². The van der Waals surface area contributed by atoms with Gasteiger partial charge in [0, 0.05) is 17.8 Å². The highest BCUT2D eigenvalue weighted by Crippen LogP contribution is 2.21. The van der Waals surface area contributed by atoms with E-state index in [9.17, 15) is 9.18 Å². The maximum Gasteiger partial charge on any atom is 0.250 e. The third-order valence-corrected chi connectivity index (χ3v) is 3.71. The van der Waals surface area contributed by atoms with E-state index in [4.69, 9.17) is 4.74 Å². The van der Waals surface area contributed by atoms with E-state index in [1.807, 2.05) is 24.3 Å². The Labute approximate surface area is 133 Å². The second-order valence-electron chi connectivity index (χ2n) is 5.20. The van der Waals surface area contributed by atoms with E-state index < -0.39 is 0 Å². The topological polar surface area (TPSA) is 31.2 Å². The largest absolute Gasteiger partial charge is 0.497 e. The number of halogens is 1. The van der Waals surface area contributed by atoms with Crippen molar-refractivity contribution in [2.24, 2.45) is 0 Å². The van der Waals surface area contributed by atoms with Crippen molar-refractivity contribution in [2.75, 3.05) is 7.11 Å². The molecule has 0 fully saturated rings. The molecule has 0 saturated carbocycles. The maximum atomic E-state index is 13.8. The van der Waals surface area contributed by atoms with Gasteiger partial charge in [0.05, 0.1) is 13.7 Å². The molecule has 1 aromatic heterocycles. The van der Waals surface area contributed by atoms with E-state index in [1.165, 1.54) is 16.7 Å². The van der Waals surface area contributed by atoms with E-state index in [2.05, 4.69) is 0 Å². The van der Waals surface area contributed by atoms with Crippen molar-refractivity contribution in [3.8, 4) is 16.9 Å². The molecule has 0 aliphatic carbocycles. The summed E-state index contributed by atoms with van der Waals surface area (Å²) in [6.07, 6.45) is 1.75. The Morgan fingerprint density at radius 2 is 1.65 bits per heavy atom. The van der Waals surface area contributed by atoms with Gasteiger partial charge in [-0.05, 0) is 35.4 Å². The molecule has 0 aliphatic heterocycles. The lowest BCUT2D eigenvalue weighted by Crippen LogP contribution is -2.19. The van der Waals surface area contributed by atoms with Crippen LogP contribution >= 0.6 is 0 Å². The summed E-state index contributed by atoms with van der Waals surface area (Å²) in [4.78, 5) is 12.0. The van der Waals surface area contributed by atoms with Gasteiger partial charge in [-0.15, -0.1) is 0 Å².